The quantitative estimate of drug-likeness (QED) is 0.784. The molecular formula is C20H18F2N6O3. The van der Waals surface area contributed by atoms with Crippen LogP contribution in [-0.4, -0.2) is 60.5 Å². The fraction of sp³-hybridized carbons (Fsp3) is 0.350. The highest BCUT2D eigenvalue weighted by atomic mass is 19.3. The van der Waals surface area contributed by atoms with E-state index in [1.54, 1.807) is 19.1 Å². The van der Waals surface area contributed by atoms with Gasteiger partial charge >= 0.3 is 0 Å². The average molecular weight is 428 g/mol. The lowest BCUT2D eigenvalue weighted by molar-refractivity contribution is -0.120. The Morgan fingerprint density at radius 1 is 1.39 bits per heavy atom. The number of aromatic nitrogens is 2. The van der Waals surface area contributed by atoms with E-state index in [9.17, 15) is 18.4 Å². The number of anilines is 2. The Morgan fingerprint density at radius 2 is 2.13 bits per heavy atom. The van der Waals surface area contributed by atoms with Crippen molar-refractivity contribution < 1.29 is 23.1 Å². The Morgan fingerprint density at radius 3 is 2.81 bits per heavy atom. The molecule has 2 aliphatic heterocycles. The summed E-state index contributed by atoms with van der Waals surface area (Å²) in [4.78, 5) is 36.3. The summed E-state index contributed by atoms with van der Waals surface area (Å²) in [5, 5.41) is 11.6. The van der Waals surface area contributed by atoms with Crippen LogP contribution in [0.3, 0.4) is 0 Å². The fourth-order valence-electron chi connectivity index (χ4n) is 3.42. The number of amides is 2. The molecule has 0 saturated carbocycles. The monoisotopic (exact) mass is 428 g/mol. The van der Waals surface area contributed by atoms with E-state index in [0.29, 0.717) is 22.6 Å². The Kier molecular flexibility index (Phi) is 4.93. The van der Waals surface area contributed by atoms with Crippen LogP contribution in [0.25, 0.3) is 0 Å². The van der Waals surface area contributed by atoms with Gasteiger partial charge in [0.1, 0.15) is 24.2 Å². The highest BCUT2D eigenvalue weighted by Crippen LogP contribution is 2.33. The number of ether oxygens (including phenoxy) is 1. The average Bonchev–Trinajstić information content (AvgIpc) is 2.84. The van der Waals surface area contributed by atoms with Gasteiger partial charge in [0.15, 0.2) is 0 Å². The molecule has 31 heavy (non-hydrogen) atoms. The number of nitrogens with zero attached hydrogens (tertiary/aromatic N) is 5. The number of alkyl halides is 2. The van der Waals surface area contributed by atoms with Crippen molar-refractivity contribution in [2.75, 3.05) is 36.5 Å². The van der Waals surface area contributed by atoms with Gasteiger partial charge in [0.05, 0.1) is 30.4 Å². The van der Waals surface area contributed by atoms with Crippen molar-refractivity contribution in [3.05, 3.63) is 41.3 Å². The van der Waals surface area contributed by atoms with E-state index < -0.39 is 36.9 Å². The number of carbonyl (C=O) groups excluding carboxylic acids is 2. The summed E-state index contributed by atoms with van der Waals surface area (Å²) in [5.74, 6) is -3.57. The normalized spacial score (nSPS) is 19.5. The number of benzene rings is 1. The first-order valence-electron chi connectivity index (χ1n) is 9.40. The van der Waals surface area contributed by atoms with E-state index in [4.69, 9.17) is 10.00 Å². The lowest BCUT2D eigenvalue weighted by atomic mass is 10.1. The SMILES string of the molecule is Cc1cnc(C(=O)NC2COc3cc(C#N)ccc3N(C)C2=O)nc1N1CC(F)(F)C1. The van der Waals surface area contributed by atoms with Crippen molar-refractivity contribution in [3.8, 4) is 11.8 Å². The van der Waals surface area contributed by atoms with Crippen molar-refractivity contribution in [1.29, 1.82) is 5.26 Å². The number of likely N-dealkylation sites (N-methyl/N-ethyl adjacent to an activating group) is 1. The molecule has 2 aliphatic rings. The summed E-state index contributed by atoms with van der Waals surface area (Å²) >= 11 is 0. The first-order chi connectivity index (χ1) is 14.7. The summed E-state index contributed by atoms with van der Waals surface area (Å²) < 4.78 is 32.1. The van der Waals surface area contributed by atoms with E-state index in [-0.39, 0.29) is 18.2 Å². The summed E-state index contributed by atoms with van der Waals surface area (Å²) in [6.45, 7) is 0.550. The highest BCUT2D eigenvalue weighted by molar-refractivity contribution is 6.02. The van der Waals surface area contributed by atoms with E-state index in [1.807, 2.05) is 6.07 Å². The van der Waals surface area contributed by atoms with Crippen LogP contribution in [0.2, 0.25) is 0 Å². The van der Waals surface area contributed by atoms with Gasteiger partial charge in [0.2, 0.25) is 5.82 Å². The van der Waals surface area contributed by atoms with Crippen LogP contribution in [0.4, 0.5) is 20.3 Å². The second-order valence-corrected chi connectivity index (χ2v) is 7.44. The third kappa shape index (κ3) is 3.84. The van der Waals surface area contributed by atoms with Crippen LogP contribution in [0.5, 0.6) is 5.75 Å². The Hall–Kier alpha value is -3.81. The number of nitriles is 1. The molecule has 0 radical (unpaired) electrons. The molecule has 0 spiro atoms. The number of halogens is 2. The Balaban J connectivity index is 1.51. The molecule has 0 bridgehead atoms. The predicted molar refractivity (Wildman–Crippen MR) is 105 cm³/mol. The number of fused-ring (bicyclic) bond motifs is 1. The number of nitrogens with one attached hydrogen (secondary N) is 1. The molecule has 3 heterocycles. The molecule has 1 unspecified atom stereocenters. The summed E-state index contributed by atoms with van der Waals surface area (Å²) in [7, 11) is 1.53. The second kappa shape index (κ2) is 7.46. The standard InChI is InChI=1S/C20H18F2N6O3/c1-11-7-24-16(26-17(11)28-9-20(21,22)10-28)18(29)25-13-8-31-15-5-12(6-23)3-4-14(15)27(2)19(13)30/h3-5,7,13H,8-10H2,1-2H3,(H,25,29). The highest BCUT2D eigenvalue weighted by Gasteiger charge is 2.45. The van der Waals surface area contributed by atoms with E-state index >= 15 is 0 Å². The lowest BCUT2D eigenvalue weighted by Gasteiger charge is -2.40. The molecule has 0 aliphatic carbocycles. The minimum atomic E-state index is -2.78. The number of rotatable bonds is 3. The predicted octanol–water partition coefficient (Wildman–Crippen LogP) is 1.27. The van der Waals surface area contributed by atoms with Gasteiger partial charge in [-0.1, -0.05) is 0 Å². The van der Waals surface area contributed by atoms with Crippen LogP contribution in [0.15, 0.2) is 24.4 Å². The summed E-state index contributed by atoms with van der Waals surface area (Å²) in [6, 6.07) is 5.64. The van der Waals surface area contributed by atoms with Gasteiger partial charge in [-0.3, -0.25) is 9.59 Å². The van der Waals surface area contributed by atoms with Gasteiger partial charge in [-0.15, -0.1) is 0 Å². The Bertz CT molecular complexity index is 1110. The van der Waals surface area contributed by atoms with Crippen LogP contribution in [0.1, 0.15) is 21.7 Å². The van der Waals surface area contributed by atoms with Crippen molar-refractivity contribution >= 4 is 23.3 Å². The number of hydrogen-bond donors (Lipinski definition) is 1. The van der Waals surface area contributed by atoms with Gasteiger partial charge < -0.3 is 19.9 Å². The van der Waals surface area contributed by atoms with Crippen LogP contribution >= 0.6 is 0 Å². The second-order valence-electron chi connectivity index (χ2n) is 7.44. The van der Waals surface area contributed by atoms with Gasteiger partial charge in [-0.05, 0) is 19.1 Å². The molecule has 160 valence electrons. The van der Waals surface area contributed by atoms with Crippen LogP contribution < -0.4 is 19.9 Å². The van der Waals surface area contributed by atoms with Crippen molar-refractivity contribution in [3.63, 3.8) is 0 Å². The molecule has 11 heteroatoms. The fourth-order valence-corrected chi connectivity index (χ4v) is 3.42. The van der Waals surface area contributed by atoms with Gasteiger partial charge in [0.25, 0.3) is 17.7 Å². The minimum Gasteiger partial charge on any atom is -0.489 e. The zero-order valence-electron chi connectivity index (χ0n) is 16.7. The maximum Gasteiger partial charge on any atom is 0.289 e. The van der Waals surface area contributed by atoms with E-state index in [2.05, 4.69) is 15.3 Å². The molecule has 4 rings (SSSR count). The molecule has 2 aromatic rings. The minimum absolute atomic E-state index is 0.159. The lowest BCUT2D eigenvalue weighted by Crippen LogP contribution is -2.57. The number of hydrogen-bond acceptors (Lipinski definition) is 7. The van der Waals surface area contributed by atoms with Crippen molar-refractivity contribution in [2.45, 2.75) is 18.9 Å². The van der Waals surface area contributed by atoms with Gasteiger partial charge in [0, 0.05) is 24.9 Å². The number of aryl methyl sites for hydroxylation is 1. The zero-order chi connectivity index (χ0) is 22.3. The van der Waals surface area contributed by atoms with Crippen LogP contribution in [0, 0.1) is 18.3 Å². The smallest absolute Gasteiger partial charge is 0.289 e. The largest absolute Gasteiger partial charge is 0.489 e. The Labute approximate surface area is 176 Å². The van der Waals surface area contributed by atoms with E-state index in [0.717, 1.165) is 0 Å². The first kappa shape index (κ1) is 20.5. The van der Waals surface area contributed by atoms with Crippen LogP contribution in [-0.2, 0) is 4.79 Å². The summed E-state index contributed by atoms with van der Waals surface area (Å²) in [5.41, 5.74) is 1.40. The third-order valence-electron chi connectivity index (χ3n) is 5.08. The topological polar surface area (TPSA) is 111 Å². The molecule has 9 nitrogen and oxygen atoms in total. The zero-order valence-corrected chi connectivity index (χ0v) is 16.7. The summed E-state index contributed by atoms with van der Waals surface area (Å²) in [6.07, 6.45) is 1.38. The maximum absolute atomic E-state index is 13.2. The number of carbonyl (C=O) groups is 2. The first-order valence-corrected chi connectivity index (χ1v) is 9.40. The van der Waals surface area contributed by atoms with Crippen molar-refractivity contribution in [1.82, 2.24) is 15.3 Å². The van der Waals surface area contributed by atoms with E-state index in [1.165, 1.54) is 29.1 Å². The molecule has 1 N–H and O–H groups in total. The molecular weight excluding hydrogens is 410 g/mol. The van der Waals surface area contributed by atoms with Gasteiger partial charge in [-0.2, -0.15) is 5.26 Å². The molecule has 1 atom stereocenters. The maximum atomic E-state index is 13.2. The molecule has 1 aromatic carbocycles. The van der Waals surface area contributed by atoms with Crippen molar-refractivity contribution in [2.24, 2.45) is 0 Å². The molecule has 1 aromatic heterocycles. The third-order valence-corrected chi connectivity index (χ3v) is 5.08. The van der Waals surface area contributed by atoms with Gasteiger partial charge in [-0.25, -0.2) is 18.7 Å². The molecule has 1 fully saturated rings. The molecule has 2 amide bonds. The molecule has 1 saturated heterocycles.